The average Bonchev–Trinajstić information content (AvgIpc) is 2.16. The number of amides is 1. The highest BCUT2D eigenvalue weighted by atomic mass is 16.1. The van der Waals surface area contributed by atoms with Crippen molar-refractivity contribution in [3.05, 3.63) is 35.9 Å². The molecule has 0 aliphatic heterocycles. The van der Waals surface area contributed by atoms with Gasteiger partial charge in [-0.1, -0.05) is 18.1 Å². The normalized spacial score (nSPS) is 9.71. The van der Waals surface area contributed by atoms with Gasteiger partial charge < -0.3 is 5.32 Å². The predicted molar refractivity (Wildman–Crippen MR) is 58.6 cm³/mol. The number of anilines is 1. The second kappa shape index (κ2) is 4.88. The molecule has 0 radical (unpaired) electrons. The summed E-state index contributed by atoms with van der Waals surface area (Å²) in [6, 6.07) is 7.44. The van der Waals surface area contributed by atoms with E-state index in [-0.39, 0.29) is 5.91 Å². The molecule has 0 fully saturated rings. The number of hydrogen-bond donors (Lipinski definition) is 1. The average molecular weight is 185 g/mol. The molecule has 0 atom stereocenters. The van der Waals surface area contributed by atoms with Gasteiger partial charge in [0.15, 0.2) is 0 Å². The Kier molecular flexibility index (Phi) is 3.51. The van der Waals surface area contributed by atoms with Crippen LogP contribution in [0.1, 0.15) is 12.5 Å². The van der Waals surface area contributed by atoms with Crippen LogP contribution in [0.25, 0.3) is 6.08 Å². The van der Waals surface area contributed by atoms with E-state index in [4.69, 9.17) is 6.42 Å². The molecule has 1 aromatic rings. The minimum Gasteiger partial charge on any atom is -0.326 e. The Bertz CT molecular complexity index is 382. The monoisotopic (exact) mass is 185 g/mol. The lowest BCUT2D eigenvalue weighted by atomic mass is 10.2. The smallest absolute Gasteiger partial charge is 0.221 e. The number of terminal acetylenes is 1. The molecule has 1 N–H and O–H groups in total. The lowest BCUT2D eigenvalue weighted by Crippen LogP contribution is -2.05. The van der Waals surface area contributed by atoms with E-state index in [1.807, 2.05) is 30.3 Å². The fourth-order valence-corrected chi connectivity index (χ4v) is 1.03. The highest BCUT2D eigenvalue weighted by molar-refractivity contribution is 5.88. The molecule has 0 aliphatic rings. The first-order chi connectivity index (χ1) is 6.72. The van der Waals surface area contributed by atoms with Crippen LogP contribution in [0.2, 0.25) is 0 Å². The molecule has 1 amide bonds. The third-order valence-electron chi connectivity index (χ3n) is 1.60. The minimum absolute atomic E-state index is 0.0723. The summed E-state index contributed by atoms with van der Waals surface area (Å²) in [4.78, 5) is 10.7. The van der Waals surface area contributed by atoms with Gasteiger partial charge in [-0.15, -0.1) is 6.42 Å². The molecule has 14 heavy (non-hydrogen) atoms. The zero-order chi connectivity index (χ0) is 10.4. The highest BCUT2D eigenvalue weighted by Crippen LogP contribution is 2.10. The van der Waals surface area contributed by atoms with E-state index in [0.717, 1.165) is 11.3 Å². The van der Waals surface area contributed by atoms with E-state index in [9.17, 15) is 4.79 Å². The van der Waals surface area contributed by atoms with Crippen molar-refractivity contribution < 1.29 is 4.79 Å². The van der Waals surface area contributed by atoms with Gasteiger partial charge in [-0.05, 0) is 29.8 Å². The Morgan fingerprint density at radius 2 is 2.07 bits per heavy atom. The van der Waals surface area contributed by atoms with Crippen molar-refractivity contribution in [1.29, 1.82) is 0 Å². The SMILES string of the molecule is C#C/C=C\c1ccc(NC(C)=O)cc1. The number of carbonyl (C=O) groups excluding carboxylic acids is 1. The molecule has 2 heteroatoms. The molecule has 0 aliphatic carbocycles. The Hall–Kier alpha value is -2.01. The van der Waals surface area contributed by atoms with E-state index in [1.165, 1.54) is 6.92 Å². The van der Waals surface area contributed by atoms with Crippen LogP contribution in [-0.2, 0) is 4.79 Å². The third-order valence-corrected chi connectivity index (χ3v) is 1.60. The molecular formula is C12H11NO. The van der Waals surface area contributed by atoms with Crippen molar-refractivity contribution in [2.24, 2.45) is 0 Å². The molecule has 1 rings (SSSR count). The lowest BCUT2D eigenvalue weighted by molar-refractivity contribution is -0.114. The standard InChI is InChI=1S/C12H11NO/c1-3-4-5-11-6-8-12(9-7-11)13-10(2)14/h1,4-9H,2H3,(H,13,14)/b5-4-. The quantitative estimate of drug-likeness (QED) is 0.704. The van der Waals surface area contributed by atoms with Crippen LogP contribution in [0.4, 0.5) is 5.69 Å². The summed E-state index contributed by atoms with van der Waals surface area (Å²) in [5.74, 6) is 2.34. The zero-order valence-corrected chi connectivity index (χ0v) is 7.95. The molecular weight excluding hydrogens is 174 g/mol. The first-order valence-corrected chi connectivity index (χ1v) is 4.22. The Labute approximate surface area is 83.6 Å². The van der Waals surface area contributed by atoms with Gasteiger partial charge in [0, 0.05) is 12.6 Å². The molecule has 0 aromatic heterocycles. The summed E-state index contributed by atoms with van der Waals surface area (Å²) in [5.41, 5.74) is 1.80. The van der Waals surface area contributed by atoms with Gasteiger partial charge in [0.25, 0.3) is 0 Å². The van der Waals surface area contributed by atoms with Crippen LogP contribution in [-0.4, -0.2) is 5.91 Å². The molecule has 0 spiro atoms. The van der Waals surface area contributed by atoms with Crippen molar-refractivity contribution in [1.82, 2.24) is 0 Å². The van der Waals surface area contributed by atoms with Gasteiger partial charge in [-0.25, -0.2) is 0 Å². The number of rotatable bonds is 2. The Morgan fingerprint density at radius 3 is 2.57 bits per heavy atom. The number of nitrogens with one attached hydrogen (secondary N) is 1. The maximum absolute atomic E-state index is 10.7. The van der Waals surface area contributed by atoms with Crippen molar-refractivity contribution in [3.63, 3.8) is 0 Å². The maximum atomic E-state index is 10.7. The molecule has 0 unspecified atom stereocenters. The first kappa shape index (κ1) is 10.1. The van der Waals surface area contributed by atoms with Crippen molar-refractivity contribution in [3.8, 4) is 12.3 Å². The van der Waals surface area contributed by atoms with Gasteiger partial charge in [-0.2, -0.15) is 0 Å². The molecule has 70 valence electrons. The van der Waals surface area contributed by atoms with E-state index >= 15 is 0 Å². The van der Waals surface area contributed by atoms with Gasteiger partial charge in [-0.3, -0.25) is 4.79 Å². The van der Waals surface area contributed by atoms with E-state index in [2.05, 4.69) is 11.2 Å². The molecule has 2 nitrogen and oxygen atoms in total. The lowest BCUT2D eigenvalue weighted by Gasteiger charge is -2.01. The van der Waals surface area contributed by atoms with Crippen LogP contribution < -0.4 is 5.32 Å². The van der Waals surface area contributed by atoms with Gasteiger partial charge >= 0.3 is 0 Å². The van der Waals surface area contributed by atoms with E-state index in [1.54, 1.807) is 6.08 Å². The van der Waals surface area contributed by atoms with E-state index in [0.29, 0.717) is 0 Å². The fraction of sp³-hybridized carbons (Fsp3) is 0.0833. The molecule has 0 heterocycles. The molecule has 0 saturated carbocycles. The van der Waals surface area contributed by atoms with Crippen molar-refractivity contribution in [2.75, 3.05) is 5.32 Å². The van der Waals surface area contributed by atoms with Crippen molar-refractivity contribution in [2.45, 2.75) is 6.92 Å². The number of benzene rings is 1. The van der Waals surface area contributed by atoms with Crippen LogP contribution in [0.5, 0.6) is 0 Å². The summed E-state index contributed by atoms with van der Waals surface area (Å²) < 4.78 is 0. The molecule has 0 saturated heterocycles. The Balaban J connectivity index is 2.74. The van der Waals surface area contributed by atoms with Crippen LogP contribution in [0.15, 0.2) is 30.3 Å². The molecule has 1 aromatic carbocycles. The maximum Gasteiger partial charge on any atom is 0.221 e. The summed E-state index contributed by atoms with van der Waals surface area (Å²) in [5, 5.41) is 2.68. The summed E-state index contributed by atoms with van der Waals surface area (Å²) in [6.07, 6.45) is 8.54. The topological polar surface area (TPSA) is 29.1 Å². The van der Waals surface area contributed by atoms with Crippen LogP contribution >= 0.6 is 0 Å². The summed E-state index contributed by atoms with van der Waals surface area (Å²) in [7, 11) is 0. The highest BCUT2D eigenvalue weighted by Gasteiger charge is 1.93. The number of carbonyl (C=O) groups is 1. The van der Waals surface area contributed by atoms with Gasteiger partial charge in [0.1, 0.15) is 0 Å². The Morgan fingerprint density at radius 1 is 1.43 bits per heavy atom. The van der Waals surface area contributed by atoms with Crippen molar-refractivity contribution >= 4 is 17.7 Å². The fourth-order valence-electron chi connectivity index (χ4n) is 1.03. The van der Waals surface area contributed by atoms with E-state index < -0.39 is 0 Å². The predicted octanol–water partition coefficient (Wildman–Crippen LogP) is 2.29. The summed E-state index contributed by atoms with van der Waals surface area (Å²) in [6.45, 7) is 1.48. The molecule has 0 bridgehead atoms. The number of hydrogen-bond acceptors (Lipinski definition) is 1. The van der Waals surface area contributed by atoms with Gasteiger partial charge in [0.05, 0.1) is 0 Å². The zero-order valence-electron chi connectivity index (χ0n) is 7.95. The van der Waals surface area contributed by atoms with Crippen LogP contribution in [0, 0.1) is 12.3 Å². The first-order valence-electron chi connectivity index (χ1n) is 4.22. The summed E-state index contributed by atoms with van der Waals surface area (Å²) >= 11 is 0. The number of allylic oxidation sites excluding steroid dienone is 1. The second-order valence-corrected chi connectivity index (χ2v) is 2.80. The minimum atomic E-state index is -0.0723. The van der Waals surface area contributed by atoms with Gasteiger partial charge in [0.2, 0.25) is 5.91 Å². The third kappa shape index (κ3) is 3.16. The second-order valence-electron chi connectivity index (χ2n) is 2.80. The largest absolute Gasteiger partial charge is 0.326 e. The van der Waals surface area contributed by atoms with Crippen LogP contribution in [0.3, 0.4) is 0 Å².